The third-order valence-electron chi connectivity index (χ3n) is 3.69. The van der Waals surface area contributed by atoms with Crippen LogP contribution in [0.3, 0.4) is 0 Å². The molecule has 4 nitrogen and oxygen atoms in total. The second kappa shape index (κ2) is 7.82. The highest BCUT2D eigenvalue weighted by Crippen LogP contribution is 2.18. The molecule has 0 fully saturated rings. The van der Waals surface area contributed by atoms with Crippen LogP contribution in [0.2, 0.25) is 0 Å². The summed E-state index contributed by atoms with van der Waals surface area (Å²) in [6.07, 6.45) is 1.64. The van der Waals surface area contributed by atoms with Gasteiger partial charge in [-0.15, -0.1) is 0 Å². The van der Waals surface area contributed by atoms with Crippen molar-refractivity contribution in [2.75, 3.05) is 11.9 Å². The Kier molecular flexibility index (Phi) is 6.38. The van der Waals surface area contributed by atoms with Crippen LogP contribution in [-0.4, -0.2) is 22.9 Å². The fourth-order valence-electron chi connectivity index (χ4n) is 2.20. The molecule has 0 aliphatic carbocycles. The lowest BCUT2D eigenvalue weighted by molar-refractivity contribution is -0.112. The van der Waals surface area contributed by atoms with Crippen LogP contribution >= 0.6 is 0 Å². The van der Waals surface area contributed by atoms with Gasteiger partial charge in [-0.2, -0.15) is 5.26 Å². The van der Waals surface area contributed by atoms with Crippen LogP contribution in [0, 0.1) is 11.3 Å². The average Bonchev–Trinajstić information content (AvgIpc) is 2.47. The maximum Gasteiger partial charge on any atom is 0.267 e. The fourth-order valence-corrected chi connectivity index (χ4v) is 2.20. The Morgan fingerprint density at radius 1 is 1.30 bits per heavy atom. The number of hydrogen-bond donors (Lipinski definition) is 1. The van der Waals surface area contributed by atoms with Gasteiger partial charge in [-0.25, -0.2) is 0 Å². The van der Waals surface area contributed by atoms with Crippen molar-refractivity contribution >= 4 is 11.6 Å². The molecular weight excluding hydrogens is 286 g/mol. The molecule has 0 saturated heterocycles. The minimum Gasteiger partial charge on any atom is -0.372 e. The van der Waals surface area contributed by atoms with Gasteiger partial charge in [0.1, 0.15) is 11.6 Å². The van der Waals surface area contributed by atoms with Crippen molar-refractivity contribution in [3.8, 4) is 6.07 Å². The first-order valence-corrected chi connectivity index (χ1v) is 7.99. The lowest BCUT2D eigenvalue weighted by Gasteiger charge is -2.33. The highest BCUT2D eigenvalue weighted by Gasteiger charge is 2.19. The lowest BCUT2D eigenvalue weighted by Crippen LogP contribution is -2.37. The zero-order valence-electron chi connectivity index (χ0n) is 15.0. The highest BCUT2D eigenvalue weighted by atomic mass is 16.1. The Labute approximate surface area is 139 Å². The number of hydrogen-bond acceptors (Lipinski definition) is 3. The summed E-state index contributed by atoms with van der Waals surface area (Å²) in [5, 5.41) is 12.1. The highest BCUT2D eigenvalue weighted by molar-refractivity contribution is 6.06. The predicted molar refractivity (Wildman–Crippen MR) is 95.0 cm³/mol. The van der Waals surface area contributed by atoms with Gasteiger partial charge >= 0.3 is 0 Å². The van der Waals surface area contributed by atoms with Crippen LogP contribution in [0.5, 0.6) is 0 Å². The number of anilines is 1. The second-order valence-corrected chi connectivity index (χ2v) is 6.84. The first-order chi connectivity index (χ1) is 10.7. The molecule has 1 amide bonds. The van der Waals surface area contributed by atoms with E-state index in [2.05, 4.69) is 19.2 Å². The molecule has 23 heavy (non-hydrogen) atoms. The zero-order valence-corrected chi connectivity index (χ0v) is 15.0. The molecular formula is C19H27N3O. The Hall–Kier alpha value is -2.28. The van der Waals surface area contributed by atoms with Gasteiger partial charge in [0.15, 0.2) is 0 Å². The van der Waals surface area contributed by atoms with E-state index in [-0.39, 0.29) is 17.0 Å². The van der Waals surface area contributed by atoms with Gasteiger partial charge in [0.25, 0.3) is 5.91 Å². The standard InChI is InChI=1S/C19H27N3O/c1-7-22(19(4,5)6)13-16(12-20)18(23)21-17-10-8-15(9-11-17)14(2)3/h8-11,13-14H,7H2,1-6H3,(H,21,23)/b16-13-. The summed E-state index contributed by atoms with van der Waals surface area (Å²) in [6.45, 7) is 13.1. The summed E-state index contributed by atoms with van der Waals surface area (Å²) in [5.41, 5.74) is 1.87. The number of amides is 1. The summed E-state index contributed by atoms with van der Waals surface area (Å²) in [7, 11) is 0. The maximum atomic E-state index is 12.3. The van der Waals surface area contributed by atoms with Gasteiger partial charge in [-0.1, -0.05) is 26.0 Å². The van der Waals surface area contributed by atoms with Crippen molar-refractivity contribution in [2.24, 2.45) is 0 Å². The zero-order chi connectivity index (χ0) is 17.6. The first kappa shape index (κ1) is 18.8. The van der Waals surface area contributed by atoms with E-state index in [1.165, 1.54) is 5.56 Å². The number of benzene rings is 1. The molecule has 0 aliphatic heterocycles. The number of rotatable bonds is 5. The van der Waals surface area contributed by atoms with E-state index in [1.807, 2.05) is 62.9 Å². The molecule has 1 N–H and O–H groups in total. The normalized spacial score (nSPS) is 12.0. The van der Waals surface area contributed by atoms with Crippen LogP contribution in [0.25, 0.3) is 0 Å². The Bertz CT molecular complexity index is 601. The summed E-state index contributed by atoms with van der Waals surface area (Å²) >= 11 is 0. The van der Waals surface area contributed by atoms with E-state index in [1.54, 1.807) is 6.20 Å². The van der Waals surface area contributed by atoms with Gasteiger partial charge in [0.05, 0.1) is 0 Å². The number of carbonyl (C=O) groups excluding carboxylic acids is 1. The molecule has 0 bridgehead atoms. The van der Waals surface area contributed by atoms with Crippen LogP contribution in [0.4, 0.5) is 5.69 Å². The number of carbonyl (C=O) groups is 1. The van der Waals surface area contributed by atoms with Crippen LogP contribution in [-0.2, 0) is 4.79 Å². The van der Waals surface area contributed by atoms with Crippen molar-refractivity contribution in [2.45, 2.75) is 53.0 Å². The molecule has 0 saturated carbocycles. The molecule has 1 rings (SSSR count). The number of nitrogens with one attached hydrogen (secondary N) is 1. The smallest absolute Gasteiger partial charge is 0.267 e. The Balaban J connectivity index is 2.91. The van der Waals surface area contributed by atoms with E-state index in [9.17, 15) is 10.1 Å². The van der Waals surface area contributed by atoms with Crippen LogP contribution < -0.4 is 5.32 Å². The number of nitriles is 1. The van der Waals surface area contributed by atoms with Crippen LogP contribution in [0.1, 0.15) is 53.0 Å². The molecule has 0 aromatic heterocycles. The topological polar surface area (TPSA) is 56.1 Å². The van der Waals surface area contributed by atoms with Crippen molar-refractivity contribution in [1.82, 2.24) is 4.90 Å². The minimum absolute atomic E-state index is 0.106. The first-order valence-electron chi connectivity index (χ1n) is 7.99. The van der Waals surface area contributed by atoms with E-state index in [0.717, 1.165) is 6.54 Å². The SMILES string of the molecule is CCN(/C=C(/C#N)C(=O)Nc1ccc(C(C)C)cc1)C(C)(C)C. The molecule has 0 aliphatic rings. The third-order valence-corrected chi connectivity index (χ3v) is 3.69. The summed E-state index contributed by atoms with van der Waals surface area (Å²) in [4.78, 5) is 14.3. The van der Waals surface area contributed by atoms with Crippen LogP contribution in [0.15, 0.2) is 36.0 Å². The van der Waals surface area contributed by atoms with Crippen molar-refractivity contribution in [1.29, 1.82) is 5.26 Å². The molecule has 0 radical (unpaired) electrons. The predicted octanol–water partition coefficient (Wildman–Crippen LogP) is 4.28. The largest absolute Gasteiger partial charge is 0.372 e. The van der Waals surface area contributed by atoms with E-state index in [0.29, 0.717) is 11.6 Å². The summed E-state index contributed by atoms with van der Waals surface area (Å²) in [6, 6.07) is 9.70. The van der Waals surface area contributed by atoms with Gasteiger partial charge in [0, 0.05) is 24.0 Å². The lowest BCUT2D eigenvalue weighted by atomic mass is 10.0. The Morgan fingerprint density at radius 3 is 2.26 bits per heavy atom. The fraction of sp³-hybridized carbons (Fsp3) is 0.474. The van der Waals surface area contributed by atoms with E-state index in [4.69, 9.17) is 0 Å². The van der Waals surface area contributed by atoms with Gasteiger partial charge in [-0.3, -0.25) is 4.79 Å². The van der Waals surface area contributed by atoms with E-state index >= 15 is 0 Å². The Morgan fingerprint density at radius 2 is 1.87 bits per heavy atom. The molecule has 1 aromatic rings. The molecule has 0 unspecified atom stereocenters. The van der Waals surface area contributed by atoms with Gasteiger partial charge in [-0.05, 0) is 51.3 Å². The summed E-state index contributed by atoms with van der Waals surface area (Å²) in [5.74, 6) is 0.0618. The van der Waals surface area contributed by atoms with Crippen molar-refractivity contribution < 1.29 is 4.79 Å². The monoisotopic (exact) mass is 313 g/mol. The molecule has 0 heterocycles. The third kappa shape index (κ3) is 5.45. The molecule has 4 heteroatoms. The minimum atomic E-state index is -0.382. The maximum absolute atomic E-state index is 12.3. The summed E-state index contributed by atoms with van der Waals surface area (Å²) < 4.78 is 0. The quantitative estimate of drug-likeness (QED) is 0.652. The van der Waals surface area contributed by atoms with Crippen molar-refractivity contribution in [3.63, 3.8) is 0 Å². The van der Waals surface area contributed by atoms with Crippen molar-refractivity contribution in [3.05, 3.63) is 41.6 Å². The molecule has 0 atom stereocenters. The molecule has 0 spiro atoms. The van der Waals surface area contributed by atoms with Gasteiger partial charge in [0.2, 0.25) is 0 Å². The molecule has 1 aromatic carbocycles. The average molecular weight is 313 g/mol. The second-order valence-electron chi connectivity index (χ2n) is 6.84. The molecule has 124 valence electrons. The van der Waals surface area contributed by atoms with Gasteiger partial charge < -0.3 is 10.2 Å². The van der Waals surface area contributed by atoms with E-state index < -0.39 is 0 Å². The number of nitrogens with zero attached hydrogens (tertiary/aromatic N) is 2.